The van der Waals surface area contributed by atoms with E-state index in [-0.39, 0.29) is 0 Å². The molecule has 3 unspecified atom stereocenters. The van der Waals surface area contributed by atoms with E-state index in [1.54, 1.807) is 0 Å². The summed E-state index contributed by atoms with van der Waals surface area (Å²) >= 11 is 0. The zero-order valence-electron chi connectivity index (χ0n) is 13.6. The Morgan fingerprint density at radius 1 is 1.24 bits per heavy atom. The number of hydrogen-bond acceptors (Lipinski definition) is 3. The molecule has 0 spiro atoms. The molecule has 1 aromatic carbocycles. The van der Waals surface area contributed by atoms with Crippen molar-refractivity contribution in [1.29, 1.82) is 0 Å². The second kappa shape index (κ2) is 8.40. The minimum Gasteiger partial charge on any atom is -0.494 e. The zero-order chi connectivity index (χ0) is 15.1. The predicted molar refractivity (Wildman–Crippen MR) is 86.8 cm³/mol. The predicted octanol–water partition coefficient (Wildman–Crippen LogP) is 3.94. The lowest BCUT2D eigenvalue weighted by atomic mass is 9.91. The molecule has 2 rings (SSSR count). The third-order valence-electron chi connectivity index (χ3n) is 4.03. The minimum absolute atomic E-state index is 0.382. The van der Waals surface area contributed by atoms with Crippen LogP contribution in [0.4, 0.5) is 0 Å². The first-order chi connectivity index (χ1) is 10.2. The van der Waals surface area contributed by atoms with Crippen molar-refractivity contribution in [3.8, 4) is 5.75 Å². The summed E-state index contributed by atoms with van der Waals surface area (Å²) in [6, 6.07) is 8.95. The standard InChI is InChI=1S/C18H29NO2/c1-4-10-19-18(16-12-14(3)21-13-16)15-6-8-17(9-7-15)20-11-5-2/h6-9,14,16,18-19H,4-5,10-13H2,1-3H3. The topological polar surface area (TPSA) is 30.5 Å². The Morgan fingerprint density at radius 3 is 2.57 bits per heavy atom. The van der Waals surface area contributed by atoms with E-state index in [2.05, 4.69) is 50.4 Å². The van der Waals surface area contributed by atoms with E-state index in [1.165, 1.54) is 5.56 Å². The molecule has 1 fully saturated rings. The molecule has 1 heterocycles. The van der Waals surface area contributed by atoms with E-state index in [4.69, 9.17) is 9.47 Å². The van der Waals surface area contributed by atoms with E-state index in [9.17, 15) is 0 Å². The van der Waals surface area contributed by atoms with Crippen LogP contribution in [0.3, 0.4) is 0 Å². The van der Waals surface area contributed by atoms with Crippen LogP contribution in [0, 0.1) is 5.92 Å². The van der Waals surface area contributed by atoms with Crippen LogP contribution in [-0.4, -0.2) is 25.9 Å². The molecule has 0 bridgehead atoms. The molecule has 1 aliphatic rings. The summed E-state index contributed by atoms with van der Waals surface area (Å²) in [5.41, 5.74) is 1.34. The number of nitrogens with one attached hydrogen (secondary N) is 1. The van der Waals surface area contributed by atoms with Crippen molar-refractivity contribution >= 4 is 0 Å². The van der Waals surface area contributed by atoms with Crippen molar-refractivity contribution in [2.45, 2.75) is 52.2 Å². The fraction of sp³-hybridized carbons (Fsp3) is 0.667. The average Bonchev–Trinajstić information content (AvgIpc) is 2.93. The van der Waals surface area contributed by atoms with Crippen LogP contribution in [0.2, 0.25) is 0 Å². The molecule has 3 atom stereocenters. The number of ether oxygens (including phenoxy) is 2. The Morgan fingerprint density at radius 2 is 2.00 bits per heavy atom. The fourth-order valence-electron chi connectivity index (χ4n) is 2.93. The molecule has 0 aromatic heterocycles. The largest absolute Gasteiger partial charge is 0.494 e. The van der Waals surface area contributed by atoms with Gasteiger partial charge in [0.2, 0.25) is 0 Å². The number of benzene rings is 1. The lowest BCUT2D eigenvalue weighted by molar-refractivity contribution is 0.117. The highest BCUT2D eigenvalue weighted by Gasteiger charge is 2.30. The van der Waals surface area contributed by atoms with Crippen LogP contribution in [0.15, 0.2) is 24.3 Å². The smallest absolute Gasteiger partial charge is 0.119 e. The molecule has 0 radical (unpaired) electrons. The molecule has 0 aliphatic carbocycles. The highest BCUT2D eigenvalue weighted by atomic mass is 16.5. The molecular weight excluding hydrogens is 262 g/mol. The molecule has 1 saturated heterocycles. The SMILES string of the molecule is CCCNC(c1ccc(OCCC)cc1)C1COC(C)C1. The van der Waals surface area contributed by atoms with E-state index in [1.807, 2.05) is 0 Å². The van der Waals surface area contributed by atoms with Crippen molar-refractivity contribution in [2.24, 2.45) is 5.92 Å². The van der Waals surface area contributed by atoms with Crippen LogP contribution < -0.4 is 10.1 Å². The summed E-state index contributed by atoms with van der Waals surface area (Å²) in [5, 5.41) is 3.69. The summed E-state index contributed by atoms with van der Waals surface area (Å²) in [5.74, 6) is 1.53. The van der Waals surface area contributed by atoms with Gasteiger partial charge in [-0.15, -0.1) is 0 Å². The molecule has 21 heavy (non-hydrogen) atoms. The zero-order valence-corrected chi connectivity index (χ0v) is 13.6. The van der Waals surface area contributed by atoms with Gasteiger partial charge in [-0.25, -0.2) is 0 Å². The normalized spacial score (nSPS) is 23.2. The van der Waals surface area contributed by atoms with Gasteiger partial charge in [0.25, 0.3) is 0 Å². The van der Waals surface area contributed by atoms with Crippen molar-refractivity contribution in [1.82, 2.24) is 5.32 Å². The molecule has 3 heteroatoms. The second-order valence-electron chi connectivity index (χ2n) is 5.99. The van der Waals surface area contributed by atoms with E-state index in [0.717, 1.165) is 44.8 Å². The van der Waals surface area contributed by atoms with Crippen molar-refractivity contribution in [3.05, 3.63) is 29.8 Å². The Bertz CT molecular complexity index is 404. The van der Waals surface area contributed by atoms with Gasteiger partial charge in [-0.2, -0.15) is 0 Å². The number of rotatable bonds is 8. The molecular formula is C18H29NO2. The van der Waals surface area contributed by atoms with Gasteiger partial charge in [-0.3, -0.25) is 0 Å². The van der Waals surface area contributed by atoms with E-state index in [0.29, 0.717) is 18.1 Å². The Kier molecular flexibility index (Phi) is 6.52. The summed E-state index contributed by atoms with van der Waals surface area (Å²) in [4.78, 5) is 0. The molecule has 3 nitrogen and oxygen atoms in total. The Balaban J connectivity index is 2.04. The highest BCUT2D eigenvalue weighted by molar-refractivity contribution is 5.29. The van der Waals surface area contributed by atoms with Crippen LogP contribution in [0.1, 0.15) is 51.6 Å². The summed E-state index contributed by atoms with van der Waals surface area (Å²) in [7, 11) is 0. The van der Waals surface area contributed by atoms with E-state index >= 15 is 0 Å². The van der Waals surface area contributed by atoms with Crippen LogP contribution in [-0.2, 0) is 4.74 Å². The third kappa shape index (κ3) is 4.72. The first-order valence-corrected chi connectivity index (χ1v) is 8.32. The van der Waals surface area contributed by atoms with Gasteiger partial charge in [0.1, 0.15) is 5.75 Å². The molecule has 1 aromatic rings. The van der Waals surface area contributed by atoms with Gasteiger partial charge >= 0.3 is 0 Å². The molecule has 118 valence electrons. The highest BCUT2D eigenvalue weighted by Crippen LogP contribution is 2.32. The summed E-state index contributed by atoms with van der Waals surface area (Å²) < 4.78 is 11.4. The third-order valence-corrected chi connectivity index (χ3v) is 4.03. The lowest BCUT2D eigenvalue weighted by Gasteiger charge is -2.24. The Labute approximate surface area is 129 Å². The minimum atomic E-state index is 0.382. The lowest BCUT2D eigenvalue weighted by Crippen LogP contribution is -2.29. The maximum atomic E-state index is 5.76. The quantitative estimate of drug-likeness (QED) is 0.787. The molecule has 1 N–H and O–H groups in total. The van der Waals surface area contributed by atoms with Crippen LogP contribution >= 0.6 is 0 Å². The van der Waals surface area contributed by atoms with Gasteiger partial charge in [-0.1, -0.05) is 26.0 Å². The molecule has 1 aliphatic heterocycles. The van der Waals surface area contributed by atoms with E-state index < -0.39 is 0 Å². The Hall–Kier alpha value is -1.06. The maximum absolute atomic E-state index is 5.76. The van der Waals surface area contributed by atoms with Gasteiger partial charge in [0.05, 0.1) is 19.3 Å². The second-order valence-corrected chi connectivity index (χ2v) is 5.99. The average molecular weight is 291 g/mol. The van der Waals surface area contributed by atoms with Gasteiger partial charge in [-0.05, 0) is 50.4 Å². The van der Waals surface area contributed by atoms with Crippen molar-refractivity contribution < 1.29 is 9.47 Å². The molecule has 0 saturated carbocycles. The summed E-state index contributed by atoms with van der Waals surface area (Å²) in [6.45, 7) is 9.18. The van der Waals surface area contributed by atoms with Gasteiger partial charge in [0.15, 0.2) is 0 Å². The first-order valence-electron chi connectivity index (χ1n) is 8.32. The number of hydrogen-bond donors (Lipinski definition) is 1. The summed E-state index contributed by atoms with van der Waals surface area (Å²) in [6.07, 6.45) is 3.71. The van der Waals surface area contributed by atoms with Gasteiger partial charge < -0.3 is 14.8 Å². The monoisotopic (exact) mass is 291 g/mol. The van der Waals surface area contributed by atoms with Gasteiger partial charge in [0, 0.05) is 12.0 Å². The maximum Gasteiger partial charge on any atom is 0.119 e. The van der Waals surface area contributed by atoms with Crippen LogP contribution in [0.5, 0.6) is 5.75 Å². The van der Waals surface area contributed by atoms with Crippen molar-refractivity contribution in [2.75, 3.05) is 19.8 Å². The first kappa shape index (κ1) is 16.3. The van der Waals surface area contributed by atoms with Crippen molar-refractivity contribution in [3.63, 3.8) is 0 Å². The fourth-order valence-corrected chi connectivity index (χ4v) is 2.93. The molecule has 0 amide bonds. The van der Waals surface area contributed by atoms with Crippen LogP contribution in [0.25, 0.3) is 0 Å².